The van der Waals surface area contributed by atoms with Gasteiger partial charge in [0, 0.05) is 41.7 Å². The molecule has 0 saturated carbocycles. The Balaban J connectivity index is 1.70. The maximum Gasteiger partial charge on any atom is 0.0519 e. The van der Waals surface area contributed by atoms with Gasteiger partial charge in [-0.25, -0.2) is 0 Å². The molecule has 3 nitrogen and oxygen atoms in total. The molecule has 23 heavy (non-hydrogen) atoms. The zero-order valence-electron chi connectivity index (χ0n) is 13.7. The molecule has 116 valence electrons. The second-order valence-corrected chi connectivity index (χ2v) is 6.53. The summed E-state index contributed by atoms with van der Waals surface area (Å²) in [7, 11) is 4.30. The molecule has 0 atom stereocenters. The minimum absolute atomic E-state index is 0.540. The molecule has 1 aliphatic heterocycles. The molecule has 0 amide bonds. The van der Waals surface area contributed by atoms with Crippen LogP contribution in [0.3, 0.4) is 0 Å². The van der Waals surface area contributed by atoms with Crippen LogP contribution in [0.25, 0.3) is 21.8 Å². The van der Waals surface area contributed by atoms with Crippen molar-refractivity contribution in [1.82, 2.24) is 14.5 Å². The molecule has 2 aromatic heterocycles. The van der Waals surface area contributed by atoms with Gasteiger partial charge in [0.1, 0.15) is 0 Å². The van der Waals surface area contributed by atoms with Gasteiger partial charge in [-0.2, -0.15) is 0 Å². The van der Waals surface area contributed by atoms with Crippen LogP contribution in [0.1, 0.15) is 18.4 Å². The zero-order valence-corrected chi connectivity index (χ0v) is 13.7. The average Bonchev–Trinajstić information content (AvgIpc) is 2.87. The molecule has 1 saturated heterocycles. The lowest BCUT2D eigenvalue weighted by atomic mass is 9.97. The molecule has 3 heterocycles. The van der Waals surface area contributed by atoms with E-state index in [0.29, 0.717) is 5.92 Å². The first kappa shape index (κ1) is 14.3. The quantitative estimate of drug-likeness (QED) is 0.593. The SMILES string of the molecule is CN1CCC(C#Cc2ccc3c4cnccc4n(C)c3c2)CC1. The molecular formula is C20H21N3. The van der Waals surface area contributed by atoms with Crippen LogP contribution in [0.5, 0.6) is 0 Å². The molecule has 0 unspecified atom stereocenters. The number of aromatic nitrogens is 2. The summed E-state index contributed by atoms with van der Waals surface area (Å²) in [5.74, 6) is 7.41. The molecule has 1 fully saturated rings. The van der Waals surface area contributed by atoms with Crippen LogP contribution in [0.15, 0.2) is 36.7 Å². The molecule has 1 aromatic carbocycles. The first-order valence-corrected chi connectivity index (χ1v) is 8.24. The lowest BCUT2D eigenvalue weighted by Gasteiger charge is -2.25. The predicted molar refractivity (Wildman–Crippen MR) is 95.3 cm³/mol. The number of hydrogen-bond acceptors (Lipinski definition) is 2. The Hall–Kier alpha value is -2.31. The molecule has 1 aliphatic rings. The predicted octanol–water partition coefficient (Wildman–Crippen LogP) is 3.42. The van der Waals surface area contributed by atoms with Gasteiger partial charge in [0.25, 0.3) is 0 Å². The summed E-state index contributed by atoms with van der Waals surface area (Å²) in [5, 5.41) is 2.46. The van der Waals surface area contributed by atoms with E-state index in [4.69, 9.17) is 0 Å². The Labute approximate surface area is 136 Å². The number of piperidine rings is 1. The largest absolute Gasteiger partial charge is 0.343 e. The fourth-order valence-electron chi connectivity index (χ4n) is 3.47. The second kappa shape index (κ2) is 5.72. The van der Waals surface area contributed by atoms with E-state index in [1.165, 1.54) is 34.6 Å². The van der Waals surface area contributed by atoms with Gasteiger partial charge in [0.2, 0.25) is 0 Å². The van der Waals surface area contributed by atoms with E-state index in [2.05, 4.69) is 64.7 Å². The third-order valence-corrected chi connectivity index (χ3v) is 4.95. The van der Waals surface area contributed by atoms with E-state index in [9.17, 15) is 0 Å². The number of hydrogen-bond donors (Lipinski definition) is 0. The van der Waals surface area contributed by atoms with Crippen LogP contribution in [0, 0.1) is 17.8 Å². The van der Waals surface area contributed by atoms with Crippen molar-refractivity contribution in [2.45, 2.75) is 12.8 Å². The standard InChI is InChI=1S/C20H21N3/c1-22-11-8-15(9-12-22)3-4-16-5-6-17-18-14-21-10-7-19(18)23(2)20(17)13-16/h5-7,10,13-15H,8-9,11-12H2,1-2H3. The van der Waals surface area contributed by atoms with E-state index in [1.807, 2.05) is 12.4 Å². The normalized spacial score (nSPS) is 16.6. The lowest BCUT2D eigenvalue weighted by molar-refractivity contribution is 0.248. The molecule has 3 heteroatoms. The topological polar surface area (TPSA) is 21.1 Å². The summed E-state index contributed by atoms with van der Waals surface area (Å²) in [6.45, 7) is 2.32. The molecule has 3 aromatic rings. The molecule has 0 N–H and O–H groups in total. The van der Waals surface area contributed by atoms with Crippen LogP contribution in [0.4, 0.5) is 0 Å². The van der Waals surface area contributed by atoms with Crippen molar-refractivity contribution >= 4 is 21.8 Å². The number of fused-ring (bicyclic) bond motifs is 3. The van der Waals surface area contributed by atoms with Gasteiger partial charge in [-0.1, -0.05) is 17.9 Å². The van der Waals surface area contributed by atoms with Crippen molar-refractivity contribution < 1.29 is 0 Å². The van der Waals surface area contributed by atoms with Crippen LogP contribution >= 0.6 is 0 Å². The first-order valence-electron chi connectivity index (χ1n) is 8.24. The average molecular weight is 303 g/mol. The molecular weight excluding hydrogens is 282 g/mol. The number of pyridine rings is 1. The van der Waals surface area contributed by atoms with Crippen molar-refractivity contribution in [2.75, 3.05) is 20.1 Å². The highest BCUT2D eigenvalue weighted by atomic mass is 15.1. The number of nitrogens with zero attached hydrogens (tertiary/aromatic N) is 3. The zero-order chi connectivity index (χ0) is 15.8. The van der Waals surface area contributed by atoms with Gasteiger partial charge < -0.3 is 9.47 Å². The maximum absolute atomic E-state index is 4.26. The van der Waals surface area contributed by atoms with Crippen molar-refractivity contribution in [3.05, 3.63) is 42.2 Å². The minimum Gasteiger partial charge on any atom is -0.343 e. The monoisotopic (exact) mass is 303 g/mol. The van der Waals surface area contributed by atoms with Gasteiger partial charge in [-0.05, 0) is 51.2 Å². The summed E-state index contributed by atoms with van der Waals surface area (Å²) in [6.07, 6.45) is 6.17. The first-order chi connectivity index (χ1) is 11.2. The van der Waals surface area contributed by atoms with E-state index >= 15 is 0 Å². The minimum atomic E-state index is 0.540. The van der Waals surface area contributed by atoms with Crippen LogP contribution in [-0.2, 0) is 7.05 Å². The highest BCUT2D eigenvalue weighted by Crippen LogP contribution is 2.27. The highest BCUT2D eigenvalue weighted by molar-refractivity contribution is 6.07. The van der Waals surface area contributed by atoms with Crippen molar-refractivity contribution in [3.8, 4) is 11.8 Å². The Morgan fingerprint density at radius 3 is 2.70 bits per heavy atom. The number of likely N-dealkylation sites (tertiary alicyclic amines) is 1. The van der Waals surface area contributed by atoms with E-state index in [0.717, 1.165) is 18.7 Å². The summed E-state index contributed by atoms with van der Waals surface area (Å²) < 4.78 is 2.23. The summed E-state index contributed by atoms with van der Waals surface area (Å²) in [6, 6.07) is 8.59. The Morgan fingerprint density at radius 2 is 1.87 bits per heavy atom. The fraction of sp³-hybridized carbons (Fsp3) is 0.350. The van der Waals surface area contributed by atoms with Crippen molar-refractivity contribution in [1.29, 1.82) is 0 Å². The van der Waals surface area contributed by atoms with E-state index in [1.54, 1.807) is 0 Å². The third-order valence-electron chi connectivity index (χ3n) is 4.95. The van der Waals surface area contributed by atoms with Gasteiger partial charge in [0.15, 0.2) is 0 Å². The molecule has 0 spiro atoms. The maximum atomic E-state index is 4.26. The van der Waals surface area contributed by atoms with Crippen LogP contribution < -0.4 is 0 Å². The van der Waals surface area contributed by atoms with Gasteiger partial charge >= 0.3 is 0 Å². The highest BCUT2D eigenvalue weighted by Gasteiger charge is 2.14. The molecule has 0 aliphatic carbocycles. The third kappa shape index (κ3) is 2.60. The van der Waals surface area contributed by atoms with E-state index in [-0.39, 0.29) is 0 Å². The molecule has 0 bridgehead atoms. The molecule has 4 rings (SSSR count). The van der Waals surface area contributed by atoms with Gasteiger partial charge in [-0.15, -0.1) is 0 Å². The smallest absolute Gasteiger partial charge is 0.0519 e. The Kier molecular flexibility index (Phi) is 3.55. The summed E-state index contributed by atoms with van der Waals surface area (Å²) in [4.78, 5) is 6.64. The van der Waals surface area contributed by atoms with Gasteiger partial charge in [0.05, 0.1) is 11.0 Å². The molecule has 0 radical (unpaired) electrons. The van der Waals surface area contributed by atoms with Crippen molar-refractivity contribution in [2.24, 2.45) is 13.0 Å². The van der Waals surface area contributed by atoms with Crippen molar-refractivity contribution in [3.63, 3.8) is 0 Å². The summed E-state index contributed by atoms with van der Waals surface area (Å²) in [5.41, 5.74) is 3.55. The Bertz CT molecular complexity index is 918. The number of rotatable bonds is 0. The van der Waals surface area contributed by atoms with E-state index < -0.39 is 0 Å². The number of aryl methyl sites for hydroxylation is 1. The lowest BCUT2D eigenvalue weighted by Crippen LogP contribution is -2.29. The Morgan fingerprint density at radius 1 is 1.04 bits per heavy atom. The second-order valence-electron chi connectivity index (χ2n) is 6.53. The van der Waals surface area contributed by atoms with Crippen LogP contribution in [-0.4, -0.2) is 34.6 Å². The number of benzene rings is 1. The summed E-state index contributed by atoms with van der Waals surface area (Å²) >= 11 is 0. The fourth-order valence-corrected chi connectivity index (χ4v) is 3.47. The van der Waals surface area contributed by atoms with Crippen LogP contribution in [0.2, 0.25) is 0 Å². The van der Waals surface area contributed by atoms with Gasteiger partial charge in [-0.3, -0.25) is 4.98 Å².